The van der Waals surface area contributed by atoms with Gasteiger partial charge in [-0.3, -0.25) is 9.69 Å². The quantitative estimate of drug-likeness (QED) is 0.638. The molecule has 2 aromatic heterocycles. The first-order chi connectivity index (χ1) is 15.1. The van der Waals surface area contributed by atoms with E-state index < -0.39 is 0 Å². The van der Waals surface area contributed by atoms with E-state index in [0.29, 0.717) is 11.8 Å². The van der Waals surface area contributed by atoms with E-state index in [2.05, 4.69) is 63.0 Å². The zero-order valence-electron chi connectivity index (χ0n) is 18.3. The van der Waals surface area contributed by atoms with Crippen LogP contribution in [-0.2, 0) is 13.0 Å². The predicted molar refractivity (Wildman–Crippen MR) is 125 cm³/mol. The van der Waals surface area contributed by atoms with Gasteiger partial charge in [-0.05, 0) is 42.0 Å². The summed E-state index contributed by atoms with van der Waals surface area (Å²) in [6.45, 7) is 2.92. The molecule has 0 N–H and O–H groups in total. The number of nitrogens with zero attached hydrogens (tertiary/aromatic N) is 4. The van der Waals surface area contributed by atoms with Crippen LogP contribution in [0.15, 0.2) is 71.7 Å². The molecule has 2 aliphatic rings. The molecule has 0 spiro atoms. The van der Waals surface area contributed by atoms with E-state index >= 15 is 0 Å². The molecule has 31 heavy (non-hydrogen) atoms. The van der Waals surface area contributed by atoms with Gasteiger partial charge >= 0.3 is 0 Å². The number of benzene rings is 1. The molecule has 0 unspecified atom stereocenters. The van der Waals surface area contributed by atoms with Crippen LogP contribution < -0.4 is 10.5 Å². The van der Waals surface area contributed by atoms with Crippen molar-refractivity contribution in [2.75, 3.05) is 32.1 Å². The minimum Gasteiger partial charge on any atom is -0.363 e. The van der Waals surface area contributed by atoms with Gasteiger partial charge in [-0.15, -0.1) is 0 Å². The van der Waals surface area contributed by atoms with Gasteiger partial charge in [0.15, 0.2) is 0 Å². The van der Waals surface area contributed by atoms with Crippen LogP contribution in [0, 0.1) is 5.92 Å². The highest BCUT2D eigenvalue weighted by atomic mass is 16.1. The van der Waals surface area contributed by atoms with Gasteiger partial charge in [0.25, 0.3) is 5.56 Å². The molecular formula is C26H30N4O. The Kier molecular flexibility index (Phi) is 5.36. The second-order valence-electron chi connectivity index (χ2n) is 9.22. The van der Waals surface area contributed by atoms with Crippen LogP contribution in [0.4, 0.5) is 5.82 Å². The van der Waals surface area contributed by atoms with Gasteiger partial charge in [0.05, 0.1) is 0 Å². The zero-order valence-corrected chi connectivity index (χ0v) is 18.3. The van der Waals surface area contributed by atoms with E-state index in [9.17, 15) is 4.79 Å². The Morgan fingerprint density at radius 1 is 0.968 bits per heavy atom. The smallest absolute Gasteiger partial charge is 0.251 e. The standard InChI is InChI=1S/C26H30N4O/c1-28(2)25-12-11-20(15-27-25)16-29-17-21-14-22(18-29)24(13-19-7-4-3-5-8-19)30-23(21)9-6-10-26(30)31/h3-12,15,21-22,24H,13-14,16-18H2,1-2H3/t21-,22+,24+/m1/s1. The van der Waals surface area contributed by atoms with Crippen molar-refractivity contribution in [3.8, 4) is 0 Å². The second kappa shape index (κ2) is 8.31. The predicted octanol–water partition coefficient (Wildman–Crippen LogP) is 3.71. The van der Waals surface area contributed by atoms with Crippen LogP contribution in [0.3, 0.4) is 0 Å². The SMILES string of the molecule is CN(C)c1ccc(CN2C[C@H]3C[C@@H](C2)[C@H](Cc2ccccc2)n2c3cccc2=O)cn1. The molecule has 0 aliphatic carbocycles. The first-order valence-electron chi connectivity index (χ1n) is 11.2. The molecule has 5 heteroatoms. The largest absolute Gasteiger partial charge is 0.363 e. The molecule has 2 bridgehead atoms. The monoisotopic (exact) mass is 414 g/mol. The van der Waals surface area contributed by atoms with Crippen molar-refractivity contribution in [1.29, 1.82) is 0 Å². The summed E-state index contributed by atoms with van der Waals surface area (Å²) >= 11 is 0. The topological polar surface area (TPSA) is 41.4 Å². The molecular weight excluding hydrogens is 384 g/mol. The molecule has 1 saturated heterocycles. The van der Waals surface area contributed by atoms with Gasteiger partial charge < -0.3 is 9.47 Å². The van der Waals surface area contributed by atoms with Gasteiger partial charge in [-0.2, -0.15) is 0 Å². The fraction of sp³-hybridized carbons (Fsp3) is 0.385. The summed E-state index contributed by atoms with van der Waals surface area (Å²) in [5.74, 6) is 1.87. The first-order valence-corrected chi connectivity index (χ1v) is 11.2. The molecule has 3 atom stereocenters. The number of fused-ring (bicyclic) bond motifs is 4. The molecule has 2 aliphatic heterocycles. The number of aromatic nitrogens is 2. The Labute approximate surface area is 184 Å². The Bertz CT molecular complexity index is 1090. The summed E-state index contributed by atoms with van der Waals surface area (Å²) in [7, 11) is 4.03. The minimum absolute atomic E-state index is 0.144. The fourth-order valence-electron chi connectivity index (χ4n) is 5.42. The third-order valence-electron chi connectivity index (χ3n) is 6.84. The fourth-order valence-corrected chi connectivity index (χ4v) is 5.42. The van der Waals surface area contributed by atoms with Crippen molar-refractivity contribution in [3.63, 3.8) is 0 Å². The maximum atomic E-state index is 12.9. The van der Waals surface area contributed by atoms with Crippen molar-refractivity contribution < 1.29 is 0 Å². The van der Waals surface area contributed by atoms with Crippen LogP contribution in [0.1, 0.15) is 35.2 Å². The lowest BCUT2D eigenvalue weighted by Gasteiger charge is -2.47. The summed E-state index contributed by atoms with van der Waals surface area (Å²) in [5, 5.41) is 0. The molecule has 0 amide bonds. The van der Waals surface area contributed by atoms with Gasteiger partial charge in [0.1, 0.15) is 5.82 Å². The third kappa shape index (κ3) is 4.02. The molecule has 4 heterocycles. The highest BCUT2D eigenvalue weighted by molar-refractivity contribution is 5.37. The van der Waals surface area contributed by atoms with Crippen molar-refractivity contribution in [2.45, 2.75) is 31.3 Å². The Morgan fingerprint density at radius 3 is 2.55 bits per heavy atom. The molecule has 0 radical (unpaired) electrons. The van der Waals surface area contributed by atoms with E-state index in [1.165, 1.54) is 16.8 Å². The number of rotatable bonds is 5. The highest BCUT2D eigenvalue weighted by Gasteiger charge is 2.40. The lowest BCUT2D eigenvalue weighted by atomic mass is 9.76. The van der Waals surface area contributed by atoms with Crippen LogP contribution >= 0.6 is 0 Å². The Hall–Kier alpha value is -2.92. The van der Waals surface area contributed by atoms with Crippen LogP contribution in [-0.4, -0.2) is 41.6 Å². The number of pyridine rings is 2. The third-order valence-corrected chi connectivity index (χ3v) is 6.84. The van der Waals surface area contributed by atoms with E-state index in [0.717, 1.165) is 38.3 Å². The van der Waals surface area contributed by atoms with E-state index in [-0.39, 0.29) is 11.6 Å². The normalized spacial score (nSPS) is 22.7. The summed E-state index contributed by atoms with van der Waals surface area (Å²) in [5.41, 5.74) is 3.89. The maximum Gasteiger partial charge on any atom is 0.251 e. The number of hydrogen-bond acceptors (Lipinski definition) is 4. The average Bonchev–Trinajstić information content (AvgIpc) is 2.78. The van der Waals surface area contributed by atoms with Crippen molar-refractivity contribution >= 4 is 5.82 Å². The van der Waals surface area contributed by atoms with Crippen molar-refractivity contribution in [2.24, 2.45) is 5.92 Å². The summed E-state index contributed by atoms with van der Waals surface area (Å²) in [6.07, 6.45) is 4.07. The van der Waals surface area contributed by atoms with Crippen LogP contribution in [0.5, 0.6) is 0 Å². The summed E-state index contributed by atoms with van der Waals surface area (Å²) < 4.78 is 2.11. The molecule has 0 saturated carbocycles. The van der Waals surface area contributed by atoms with Gasteiger partial charge in [-0.25, -0.2) is 4.98 Å². The summed E-state index contributed by atoms with van der Waals surface area (Å²) in [6, 6.07) is 20.9. The number of anilines is 1. The van der Waals surface area contributed by atoms with Gasteiger partial charge in [0, 0.05) is 63.6 Å². The molecule has 5 nitrogen and oxygen atoms in total. The molecule has 1 fully saturated rings. The van der Waals surface area contributed by atoms with Gasteiger partial charge in [-0.1, -0.05) is 42.5 Å². The Balaban J connectivity index is 1.42. The minimum atomic E-state index is 0.144. The lowest BCUT2D eigenvalue weighted by Crippen LogP contribution is -2.49. The molecule has 5 rings (SSSR count). The zero-order chi connectivity index (χ0) is 21.4. The molecule has 1 aromatic carbocycles. The van der Waals surface area contributed by atoms with Crippen LogP contribution in [0.25, 0.3) is 0 Å². The van der Waals surface area contributed by atoms with Gasteiger partial charge in [0.2, 0.25) is 0 Å². The Morgan fingerprint density at radius 2 is 1.81 bits per heavy atom. The molecule has 160 valence electrons. The first kappa shape index (κ1) is 20.0. The number of piperidine rings is 1. The average molecular weight is 415 g/mol. The highest BCUT2D eigenvalue weighted by Crippen LogP contribution is 2.42. The second-order valence-corrected chi connectivity index (χ2v) is 9.22. The van der Waals surface area contributed by atoms with E-state index in [1.54, 1.807) is 6.07 Å². The molecule has 3 aromatic rings. The van der Waals surface area contributed by atoms with Crippen molar-refractivity contribution in [1.82, 2.24) is 14.5 Å². The summed E-state index contributed by atoms with van der Waals surface area (Å²) in [4.78, 5) is 22.1. The van der Waals surface area contributed by atoms with Crippen LogP contribution in [0.2, 0.25) is 0 Å². The van der Waals surface area contributed by atoms with E-state index in [4.69, 9.17) is 0 Å². The maximum absolute atomic E-state index is 12.9. The van der Waals surface area contributed by atoms with E-state index in [1.807, 2.05) is 31.3 Å². The van der Waals surface area contributed by atoms with Crippen molar-refractivity contribution in [3.05, 3.63) is 94.0 Å². The lowest BCUT2D eigenvalue weighted by molar-refractivity contribution is 0.0852. The number of likely N-dealkylation sites (tertiary alicyclic amines) is 1. The number of hydrogen-bond donors (Lipinski definition) is 0.